The second kappa shape index (κ2) is 8.33. The summed E-state index contributed by atoms with van der Waals surface area (Å²) < 4.78 is 1.91. The first-order valence-corrected chi connectivity index (χ1v) is 11.4. The molecule has 1 aliphatic carbocycles. The van der Waals surface area contributed by atoms with E-state index in [1.165, 1.54) is 35.8 Å². The van der Waals surface area contributed by atoms with Crippen LogP contribution < -0.4 is 5.32 Å². The molecule has 8 heteroatoms. The molecule has 5 rings (SSSR count). The Balaban J connectivity index is 1.34. The van der Waals surface area contributed by atoms with Crippen LogP contribution in [0.1, 0.15) is 34.9 Å². The molecule has 4 aromatic rings. The lowest BCUT2D eigenvalue weighted by Gasteiger charge is -2.00. The zero-order valence-corrected chi connectivity index (χ0v) is 17.7. The number of amides is 1. The molecule has 6 nitrogen and oxygen atoms in total. The molecular weight excluding hydrogens is 414 g/mol. The minimum Gasteiger partial charge on any atom is -0.297 e. The molecule has 1 fully saturated rings. The summed E-state index contributed by atoms with van der Waals surface area (Å²) in [5.74, 6) is 0.314. The van der Waals surface area contributed by atoms with E-state index in [0.29, 0.717) is 17.6 Å². The van der Waals surface area contributed by atoms with Crippen molar-refractivity contribution in [3.8, 4) is 10.6 Å². The number of hydrogen-bond donors (Lipinski definition) is 1. The van der Waals surface area contributed by atoms with E-state index >= 15 is 0 Å². The number of anilines is 1. The number of hydrogen-bond acceptors (Lipinski definition) is 6. The predicted octanol–water partition coefficient (Wildman–Crippen LogP) is 5.04. The molecule has 0 aliphatic heterocycles. The number of carbonyl (C=O) groups excluding carboxylic acids is 1. The first-order chi connectivity index (χ1) is 14.7. The van der Waals surface area contributed by atoms with Gasteiger partial charge in [-0.15, -0.1) is 21.5 Å². The molecule has 1 aromatic carbocycles. The second-order valence-electron chi connectivity index (χ2n) is 7.14. The highest BCUT2D eigenvalue weighted by Gasteiger charge is 2.27. The lowest BCUT2D eigenvalue weighted by Crippen LogP contribution is -2.07. The summed E-state index contributed by atoms with van der Waals surface area (Å²) in [5.41, 5.74) is 2.95. The summed E-state index contributed by atoms with van der Waals surface area (Å²) >= 11 is 3.09. The molecule has 0 bridgehead atoms. The Kier molecular flexibility index (Phi) is 5.25. The Morgan fingerprint density at radius 1 is 1.17 bits per heavy atom. The van der Waals surface area contributed by atoms with E-state index in [-0.39, 0.29) is 5.91 Å². The Labute approximate surface area is 181 Å². The van der Waals surface area contributed by atoms with Crippen molar-refractivity contribution in [1.29, 1.82) is 0 Å². The SMILES string of the molecule is O=C(/C=C/c1cn(Cc2ccccc2)nc1-c1cccs1)Nc1nnc(C2CC2)s1. The first kappa shape index (κ1) is 18.9. The van der Waals surface area contributed by atoms with Crippen molar-refractivity contribution in [3.05, 3.63) is 76.3 Å². The van der Waals surface area contributed by atoms with E-state index in [1.807, 2.05) is 52.7 Å². The van der Waals surface area contributed by atoms with Gasteiger partial charge in [-0.3, -0.25) is 14.8 Å². The van der Waals surface area contributed by atoms with E-state index in [0.717, 1.165) is 21.1 Å². The molecule has 0 radical (unpaired) electrons. The first-order valence-electron chi connectivity index (χ1n) is 9.72. The fourth-order valence-electron chi connectivity index (χ4n) is 3.11. The van der Waals surface area contributed by atoms with Crippen LogP contribution in [-0.4, -0.2) is 25.9 Å². The van der Waals surface area contributed by atoms with E-state index in [9.17, 15) is 4.79 Å². The van der Waals surface area contributed by atoms with Crippen molar-refractivity contribution in [1.82, 2.24) is 20.0 Å². The van der Waals surface area contributed by atoms with Crippen LogP contribution in [0.5, 0.6) is 0 Å². The van der Waals surface area contributed by atoms with Gasteiger partial charge in [0.25, 0.3) is 0 Å². The van der Waals surface area contributed by atoms with Gasteiger partial charge in [0.2, 0.25) is 11.0 Å². The zero-order valence-electron chi connectivity index (χ0n) is 16.1. The normalized spacial score (nSPS) is 13.7. The van der Waals surface area contributed by atoms with E-state index in [2.05, 4.69) is 27.6 Å². The Morgan fingerprint density at radius 2 is 2.03 bits per heavy atom. The molecule has 3 heterocycles. The number of rotatable bonds is 7. The smallest absolute Gasteiger partial charge is 0.250 e. The Bertz CT molecular complexity index is 1170. The maximum Gasteiger partial charge on any atom is 0.250 e. The Hall–Kier alpha value is -3.10. The van der Waals surface area contributed by atoms with Crippen LogP contribution in [0.3, 0.4) is 0 Å². The van der Waals surface area contributed by atoms with Gasteiger partial charge in [-0.2, -0.15) is 5.10 Å². The summed E-state index contributed by atoms with van der Waals surface area (Å²) in [6.07, 6.45) is 7.64. The highest BCUT2D eigenvalue weighted by atomic mass is 32.1. The monoisotopic (exact) mass is 433 g/mol. The third-order valence-corrected chi connectivity index (χ3v) is 6.62. The van der Waals surface area contributed by atoms with E-state index in [4.69, 9.17) is 5.10 Å². The molecule has 1 saturated carbocycles. The third-order valence-electron chi connectivity index (χ3n) is 4.74. The molecule has 0 saturated heterocycles. The van der Waals surface area contributed by atoms with Crippen molar-refractivity contribution in [2.24, 2.45) is 0 Å². The lowest BCUT2D eigenvalue weighted by atomic mass is 10.2. The summed E-state index contributed by atoms with van der Waals surface area (Å²) in [4.78, 5) is 13.5. The molecule has 3 aromatic heterocycles. The topological polar surface area (TPSA) is 72.7 Å². The van der Waals surface area contributed by atoms with Crippen molar-refractivity contribution in [2.75, 3.05) is 5.32 Å². The Morgan fingerprint density at radius 3 is 2.80 bits per heavy atom. The number of carbonyl (C=O) groups is 1. The highest BCUT2D eigenvalue weighted by Crippen LogP contribution is 2.42. The summed E-state index contributed by atoms with van der Waals surface area (Å²) in [5, 5.41) is 19.4. The van der Waals surface area contributed by atoms with Gasteiger partial charge in [-0.05, 0) is 35.9 Å². The molecular formula is C22H19N5OS2. The minimum atomic E-state index is -0.221. The fourth-order valence-corrected chi connectivity index (χ4v) is 4.75. The van der Waals surface area contributed by atoms with Gasteiger partial charge in [0, 0.05) is 23.8 Å². The standard InChI is InChI=1S/C22H19N5OS2/c28-19(23-22-25-24-21(30-22)16-8-9-16)11-10-17-14-27(13-15-5-2-1-3-6-15)26-20(17)18-7-4-12-29-18/h1-7,10-12,14,16H,8-9,13H2,(H,23,25,28)/b11-10+. The van der Waals surface area contributed by atoms with Crippen LogP contribution >= 0.6 is 22.7 Å². The number of aromatic nitrogens is 4. The number of nitrogens with one attached hydrogen (secondary N) is 1. The second-order valence-corrected chi connectivity index (χ2v) is 9.09. The summed E-state index contributed by atoms with van der Waals surface area (Å²) in [6, 6.07) is 14.2. The third kappa shape index (κ3) is 4.39. The van der Waals surface area contributed by atoms with Gasteiger partial charge in [-0.25, -0.2) is 0 Å². The number of nitrogens with zero attached hydrogens (tertiary/aromatic N) is 4. The quantitative estimate of drug-likeness (QED) is 0.414. The maximum atomic E-state index is 12.4. The number of thiophene rings is 1. The van der Waals surface area contributed by atoms with Crippen LogP contribution in [0.15, 0.2) is 60.1 Å². The van der Waals surface area contributed by atoms with E-state index < -0.39 is 0 Å². The average Bonchev–Trinajstić information content (AvgIpc) is 3.14. The maximum absolute atomic E-state index is 12.4. The van der Waals surface area contributed by atoms with Crippen molar-refractivity contribution < 1.29 is 4.79 Å². The van der Waals surface area contributed by atoms with Crippen LogP contribution in [0.4, 0.5) is 5.13 Å². The molecule has 1 amide bonds. The molecule has 150 valence electrons. The van der Waals surface area contributed by atoms with Gasteiger partial charge in [0.05, 0.1) is 11.4 Å². The van der Waals surface area contributed by atoms with Crippen molar-refractivity contribution in [3.63, 3.8) is 0 Å². The van der Waals surface area contributed by atoms with Crippen LogP contribution in [-0.2, 0) is 11.3 Å². The molecule has 1 N–H and O–H groups in total. The van der Waals surface area contributed by atoms with Crippen LogP contribution in [0.2, 0.25) is 0 Å². The molecule has 1 aliphatic rings. The minimum absolute atomic E-state index is 0.221. The van der Waals surface area contributed by atoms with Crippen LogP contribution in [0, 0.1) is 0 Å². The summed E-state index contributed by atoms with van der Waals surface area (Å²) in [7, 11) is 0. The molecule has 0 atom stereocenters. The van der Waals surface area contributed by atoms with Gasteiger partial charge in [-0.1, -0.05) is 47.7 Å². The highest BCUT2D eigenvalue weighted by molar-refractivity contribution is 7.15. The number of benzene rings is 1. The van der Waals surface area contributed by atoms with Crippen molar-refractivity contribution >= 4 is 39.8 Å². The van der Waals surface area contributed by atoms with Gasteiger partial charge in [0.1, 0.15) is 10.7 Å². The van der Waals surface area contributed by atoms with Gasteiger partial charge >= 0.3 is 0 Å². The summed E-state index contributed by atoms with van der Waals surface area (Å²) in [6.45, 7) is 0.675. The molecule has 0 spiro atoms. The van der Waals surface area contributed by atoms with Gasteiger partial charge in [0.15, 0.2) is 0 Å². The van der Waals surface area contributed by atoms with Gasteiger partial charge < -0.3 is 0 Å². The van der Waals surface area contributed by atoms with Crippen molar-refractivity contribution in [2.45, 2.75) is 25.3 Å². The molecule has 30 heavy (non-hydrogen) atoms. The average molecular weight is 434 g/mol. The lowest BCUT2D eigenvalue weighted by molar-refractivity contribution is -0.111. The largest absolute Gasteiger partial charge is 0.297 e. The van der Waals surface area contributed by atoms with Crippen LogP contribution in [0.25, 0.3) is 16.6 Å². The predicted molar refractivity (Wildman–Crippen MR) is 121 cm³/mol. The van der Waals surface area contributed by atoms with E-state index in [1.54, 1.807) is 11.3 Å². The molecule has 0 unspecified atom stereocenters. The fraction of sp³-hybridized carbons (Fsp3) is 0.182. The zero-order chi connectivity index (χ0) is 20.3.